The first-order valence-electron chi connectivity index (χ1n) is 9.44. The van der Waals surface area contributed by atoms with E-state index < -0.39 is 34.3 Å². The maximum atomic E-state index is 13.6. The lowest BCUT2D eigenvalue weighted by Crippen LogP contribution is -2.32. The van der Waals surface area contributed by atoms with Crippen molar-refractivity contribution >= 4 is 21.7 Å². The van der Waals surface area contributed by atoms with Gasteiger partial charge in [0.2, 0.25) is 11.8 Å². The van der Waals surface area contributed by atoms with Gasteiger partial charge in [-0.3, -0.25) is 4.79 Å². The van der Waals surface area contributed by atoms with Crippen LogP contribution in [0.3, 0.4) is 0 Å². The molecule has 1 fully saturated rings. The molecular weight excluding hydrogens is 430 g/mol. The van der Waals surface area contributed by atoms with Crippen LogP contribution in [-0.2, 0) is 9.84 Å². The first-order valence-corrected chi connectivity index (χ1v) is 11.4. The van der Waals surface area contributed by atoms with Crippen molar-refractivity contribution in [3.8, 4) is 11.6 Å². The minimum atomic E-state index is -3.34. The van der Waals surface area contributed by atoms with Gasteiger partial charge in [0.25, 0.3) is 11.8 Å². The van der Waals surface area contributed by atoms with Crippen LogP contribution in [0.2, 0.25) is 0 Å². The SMILES string of the molecule is CC(C=CS(C)(=O)=O)NC(=O)c1cnc(N2CCC(F)(F)C2)nc1Oc1ccccc1. The molecule has 0 bridgehead atoms. The number of benzene rings is 1. The number of amides is 1. The van der Waals surface area contributed by atoms with Gasteiger partial charge in [-0.05, 0) is 19.1 Å². The van der Waals surface area contributed by atoms with Gasteiger partial charge in [-0.15, -0.1) is 0 Å². The van der Waals surface area contributed by atoms with Crippen molar-refractivity contribution in [2.45, 2.75) is 25.3 Å². The Hall–Kier alpha value is -3.08. The lowest BCUT2D eigenvalue weighted by atomic mass is 10.2. The van der Waals surface area contributed by atoms with Gasteiger partial charge >= 0.3 is 0 Å². The third-order valence-corrected chi connectivity index (χ3v) is 5.02. The van der Waals surface area contributed by atoms with Crippen LogP contribution >= 0.6 is 0 Å². The number of aromatic nitrogens is 2. The van der Waals surface area contributed by atoms with Gasteiger partial charge in [-0.1, -0.05) is 24.3 Å². The van der Waals surface area contributed by atoms with Crippen molar-refractivity contribution in [3.05, 3.63) is 53.6 Å². The number of halogens is 2. The molecule has 3 rings (SSSR count). The smallest absolute Gasteiger partial charge is 0.267 e. The summed E-state index contributed by atoms with van der Waals surface area (Å²) in [7, 11) is -3.34. The van der Waals surface area contributed by atoms with Gasteiger partial charge in [0.1, 0.15) is 11.3 Å². The zero-order valence-corrected chi connectivity index (χ0v) is 17.8. The highest BCUT2D eigenvalue weighted by atomic mass is 32.2. The third kappa shape index (κ3) is 6.45. The van der Waals surface area contributed by atoms with Crippen molar-refractivity contribution in [2.24, 2.45) is 0 Å². The van der Waals surface area contributed by atoms with Crippen molar-refractivity contribution in [2.75, 3.05) is 24.2 Å². The van der Waals surface area contributed by atoms with Crippen LogP contribution in [0.4, 0.5) is 14.7 Å². The van der Waals surface area contributed by atoms with Gasteiger partial charge in [0, 0.05) is 36.9 Å². The Labute approximate surface area is 178 Å². The summed E-state index contributed by atoms with van der Waals surface area (Å²) in [6.07, 6.45) is 3.27. The molecule has 11 heteroatoms. The number of nitrogens with one attached hydrogen (secondary N) is 1. The van der Waals surface area contributed by atoms with Gasteiger partial charge in [-0.2, -0.15) is 4.98 Å². The summed E-state index contributed by atoms with van der Waals surface area (Å²) >= 11 is 0. The molecule has 1 aromatic heterocycles. The quantitative estimate of drug-likeness (QED) is 0.689. The molecule has 0 spiro atoms. The van der Waals surface area contributed by atoms with E-state index in [9.17, 15) is 22.0 Å². The molecule has 0 aliphatic carbocycles. The normalized spacial score (nSPS) is 17.0. The average Bonchev–Trinajstić information content (AvgIpc) is 3.06. The predicted octanol–water partition coefficient (Wildman–Crippen LogP) is 2.79. The molecule has 1 aromatic carbocycles. The van der Waals surface area contributed by atoms with E-state index in [1.54, 1.807) is 37.3 Å². The highest BCUT2D eigenvalue weighted by Crippen LogP contribution is 2.31. The highest BCUT2D eigenvalue weighted by molar-refractivity contribution is 7.93. The van der Waals surface area contributed by atoms with E-state index in [1.807, 2.05) is 0 Å². The molecule has 1 N–H and O–H groups in total. The van der Waals surface area contributed by atoms with Crippen molar-refractivity contribution in [1.82, 2.24) is 15.3 Å². The first-order chi connectivity index (χ1) is 14.5. The zero-order chi connectivity index (χ0) is 22.6. The van der Waals surface area contributed by atoms with Gasteiger partial charge in [0.05, 0.1) is 6.54 Å². The lowest BCUT2D eigenvalue weighted by Gasteiger charge is -2.18. The molecule has 2 aromatic rings. The molecule has 1 aliphatic heterocycles. The van der Waals surface area contributed by atoms with Gasteiger partial charge < -0.3 is 15.0 Å². The van der Waals surface area contributed by atoms with Crippen LogP contribution < -0.4 is 15.0 Å². The molecule has 8 nitrogen and oxygen atoms in total. The van der Waals surface area contributed by atoms with E-state index in [1.165, 1.54) is 17.2 Å². The Kier molecular flexibility index (Phi) is 6.54. The third-order valence-electron chi connectivity index (χ3n) is 4.37. The number of hydrogen-bond acceptors (Lipinski definition) is 7. The predicted molar refractivity (Wildman–Crippen MR) is 111 cm³/mol. The van der Waals surface area contributed by atoms with E-state index in [0.717, 1.165) is 11.7 Å². The fraction of sp³-hybridized carbons (Fsp3) is 0.350. The first kappa shape index (κ1) is 22.6. The molecule has 1 aliphatic rings. The minimum absolute atomic E-state index is 0.0156. The summed E-state index contributed by atoms with van der Waals surface area (Å²) in [5.74, 6) is -3.10. The van der Waals surface area contributed by atoms with Crippen molar-refractivity contribution < 1.29 is 26.7 Å². The number of ether oxygens (including phenoxy) is 1. The Morgan fingerprint density at radius 3 is 2.65 bits per heavy atom. The number of nitrogens with zero attached hydrogens (tertiary/aromatic N) is 3. The molecule has 1 atom stereocenters. The molecule has 166 valence electrons. The highest BCUT2D eigenvalue weighted by Gasteiger charge is 2.39. The standard InChI is InChI=1S/C20H22F2N4O4S/c1-14(8-11-31(2,28)29)24-17(27)16-12-23-19(26-10-9-20(21,22)13-26)25-18(16)30-15-6-4-3-5-7-15/h3-8,11-12,14H,9-10,13H2,1-2H3,(H,24,27). The largest absolute Gasteiger partial charge is 0.438 e. The van der Waals surface area contributed by atoms with E-state index in [4.69, 9.17) is 4.74 Å². The topological polar surface area (TPSA) is 101 Å². The molecule has 0 saturated carbocycles. The van der Waals surface area contributed by atoms with Crippen LogP contribution in [0.1, 0.15) is 23.7 Å². The number of rotatable bonds is 7. The monoisotopic (exact) mass is 452 g/mol. The molecule has 0 radical (unpaired) electrons. The van der Waals surface area contributed by atoms with Crippen molar-refractivity contribution in [1.29, 1.82) is 0 Å². The van der Waals surface area contributed by atoms with E-state index in [0.29, 0.717) is 5.75 Å². The van der Waals surface area contributed by atoms with Gasteiger partial charge in [-0.25, -0.2) is 22.2 Å². The zero-order valence-electron chi connectivity index (χ0n) is 17.0. The lowest BCUT2D eigenvalue weighted by molar-refractivity contribution is 0.0256. The number of sulfone groups is 1. The number of anilines is 1. The Balaban J connectivity index is 1.87. The van der Waals surface area contributed by atoms with E-state index >= 15 is 0 Å². The summed E-state index contributed by atoms with van der Waals surface area (Å²) in [6, 6.07) is 7.96. The second-order valence-electron chi connectivity index (χ2n) is 7.25. The number of para-hydroxylation sites is 1. The summed E-state index contributed by atoms with van der Waals surface area (Å²) in [5.41, 5.74) is -0.0156. The van der Waals surface area contributed by atoms with Crippen LogP contribution in [0, 0.1) is 0 Å². The van der Waals surface area contributed by atoms with Crippen LogP contribution in [0.25, 0.3) is 0 Å². The number of carbonyl (C=O) groups excluding carboxylic acids is 1. The number of alkyl halides is 2. The number of carbonyl (C=O) groups is 1. The molecule has 1 saturated heterocycles. The average molecular weight is 452 g/mol. The number of hydrogen-bond donors (Lipinski definition) is 1. The van der Waals surface area contributed by atoms with E-state index in [-0.39, 0.29) is 30.4 Å². The maximum absolute atomic E-state index is 13.6. The second-order valence-corrected chi connectivity index (χ2v) is 9.18. The summed E-state index contributed by atoms with van der Waals surface area (Å²) in [5, 5.41) is 3.61. The molecule has 2 heterocycles. The molecular formula is C20H22F2N4O4S. The van der Waals surface area contributed by atoms with Crippen LogP contribution in [-0.4, -0.2) is 55.6 Å². The van der Waals surface area contributed by atoms with Crippen LogP contribution in [0.5, 0.6) is 11.6 Å². The van der Waals surface area contributed by atoms with E-state index in [2.05, 4.69) is 15.3 Å². The Morgan fingerprint density at radius 1 is 1.32 bits per heavy atom. The minimum Gasteiger partial charge on any atom is -0.438 e. The molecule has 31 heavy (non-hydrogen) atoms. The molecule has 1 amide bonds. The summed E-state index contributed by atoms with van der Waals surface area (Å²) < 4.78 is 55.4. The van der Waals surface area contributed by atoms with Crippen LogP contribution in [0.15, 0.2) is 48.0 Å². The Bertz CT molecular complexity index is 1080. The summed E-state index contributed by atoms with van der Waals surface area (Å²) in [4.78, 5) is 22.4. The fourth-order valence-electron chi connectivity index (χ4n) is 2.84. The fourth-order valence-corrected chi connectivity index (χ4v) is 3.36. The van der Waals surface area contributed by atoms with Crippen molar-refractivity contribution in [3.63, 3.8) is 0 Å². The Morgan fingerprint density at radius 2 is 2.03 bits per heavy atom. The van der Waals surface area contributed by atoms with Gasteiger partial charge in [0.15, 0.2) is 9.84 Å². The molecule has 1 unspecified atom stereocenters. The maximum Gasteiger partial charge on any atom is 0.267 e. The second kappa shape index (κ2) is 8.96. The summed E-state index contributed by atoms with van der Waals surface area (Å²) in [6.45, 7) is 1.16.